The number of carboxylic acids is 1. The standard InChI is InChI=1S/C19H11FN.3C19H12N.C11H8N.C6H5NO2.C5H8O2.C4H7NO2.4Ir/c20-16-9-7-14(8-10-16)19-11-18-15(12-21-19)6-5-13-3-1-2-4-17(13)18;3*1-2-7-15(8-3-1)19-12-18-16(13-20-19)11-10-14-6-4-5-9-17(14)18;1-2-6-10(7-3-1)11-8-4-5-9-12-11;8-6(9)5-3-1-2-4-7-5;1-4(6)3-5(2)7;1-3(6)5-4(2)7;;;;/h1-7,9-12H;3*1-7,9-13H;1-6,8-9H;1-4H,(H,8,9);3,6H,1-2H3;1-2H3,(H,5,6,7);;;;/q5*-1;;;;;;;/p+2. The second-order valence-electron chi connectivity index (χ2n) is 26.2. The number of fused-ring (bicyclic) bond motifs is 12. The summed E-state index contributed by atoms with van der Waals surface area (Å²) in [5.41, 5.74) is 9.68. The minimum atomic E-state index is -0.990. The number of allylic oxidation sites excluding steroid dienone is 2. The van der Waals surface area contributed by atoms with Crippen molar-refractivity contribution in [3.8, 4) is 56.3 Å². The van der Waals surface area contributed by atoms with Gasteiger partial charge in [-0.3, -0.25) is 14.0 Å². The molecule has 6 heterocycles. The Balaban J connectivity index is 0.000000175. The fourth-order valence-corrected chi connectivity index (χ4v) is 12.5. The average molecular weight is 2280 g/mol. The summed E-state index contributed by atoms with van der Waals surface area (Å²) >= 11 is 0. The number of ketones is 1. The maximum Gasteiger partial charge on any atom is 0.414 e. The Labute approximate surface area is 749 Å². The summed E-state index contributed by atoms with van der Waals surface area (Å²) in [4.78, 5) is 56.0. The predicted octanol–water partition coefficient (Wildman–Crippen LogP) is 24.4. The molecule has 0 saturated carbocycles. The second-order valence-corrected chi connectivity index (χ2v) is 26.2. The van der Waals surface area contributed by atoms with E-state index in [9.17, 15) is 9.18 Å². The maximum absolute atomic E-state index is 13.0. The third-order valence-corrected chi connectivity index (χ3v) is 17.8. The number of hydrogen-bond donors (Lipinski definition) is 3. The normalized spacial score (nSPS) is 10.4. The van der Waals surface area contributed by atoms with Crippen LogP contribution in [-0.4, -0.2) is 78.4 Å². The van der Waals surface area contributed by atoms with Crippen LogP contribution in [0.25, 0.3) is 142 Å². The number of carboxylic acid groups (broad SMARTS) is 1. The molecule has 0 saturated heterocycles. The third kappa shape index (κ3) is 26.1. The number of nitrogens with zero attached hydrogens (tertiary/aromatic N) is 7. The van der Waals surface area contributed by atoms with Crippen molar-refractivity contribution in [2.24, 2.45) is 4.99 Å². The van der Waals surface area contributed by atoms with Crippen molar-refractivity contribution >= 4 is 110 Å². The molecule has 18 heteroatoms. The number of aliphatic hydroxyl groups is 2. The van der Waals surface area contributed by atoms with E-state index in [2.05, 4.69) is 217 Å². The molecular weight excluding hydrogens is 2210 g/mol. The van der Waals surface area contributed by atoms with E-state index in [0.717, 1.165) is 67.1 Å². The zero-order valence-corrected chi connectivity index (χ0v) is 74.7. The van der Waals surface area contributed by atoms with Gasteiger partial charge in [-0.1, -0.05) is 188 Å². The molecule has 0 atom stereocenters. The summed E-state index contributed by atoms with van der Waals surface area (Å²) in [5, 5.41) is 44.5. The minimum Gasteiger partial charge on any atom is -0.512 e. The fraction of sp³-hybridized carbons (Fsp3) is 0.0392. The molecule has 4 radical (unpaired) electrons. The van der Waals surface area contributed by atoms with E-state index in [1.54, 1.807) is 24.4 Å². The number of amides is 1. The number of halogens is 1. The molecule has 0 bridgehead atoms. The predicted molar refractivity (Wildman–Crippen MR) is 471 cm³/mol. The zero-order chi connectivity index (χ0) is 81.0. The Morgan fingerprint density at radius 3 is 0.883 bits per heavy atom. The van der Waals surface area contributed by atoms with Crippen molar-refractivity contribution < 1.29 is 115 Å². The number of benzene rings is 13. The SMILES string of the molecule is CC(=[OH+])C=C(C)O.CC(=[OH+])N=C(C)O.Fc1c[c-]c(-c2cc3c(ccc4ccccc43)cn2)cc1.O=C(O)c1ccccn1.[Ir].[Ir].[Ir].[Ir].[c-]1ccccc1-c1cc2c(ccc3ccccc32)cn1.[c-]1ccccc1-c1cc2c(ccc3ccccc32)cn1.[c-]1ccccc1-c1cc2c(ccc3ccccc32)cn1.[c-]1ccccc1-c1ccccn1. The molecule has 6 aromatic heterocycles. The van der Waals surface area contributed by atoms with E-state index in [1.165, 1.54) is 134 Å². The summed E-state index contributed by atoms with van der Waals surface area (Å²) in [6.07, 6.45) is 12.2. The molecule has 13 nitrogen and oxygen atoms in total. The van der Waals surface area contributed by atoms with Gasteiger partial charge in [-0.25, -0.2) is 9.78 Å². The largest absolute Gasteiger partial charge is 0.512 e. The zero-order valence-electron chi connectivity index (χ0n) is 65.1. The Morgan fingerprint density at radius 2 is 0.642 bits per heavy atom. The van der Waals surface area contributed by atoms with Gasteiger partial charge in [0.05, 0.1) is 25.7 Å². The van der Waals surface area contributed by atoms with Gasteiger partial charge in [0.2, 0.25) is 0 Å². The van der Waals surface area contributed by atoms with Gasteiger partial charge < -0.3 is 40.2 Å². The van der Waals surface area contributed by atoms with Crippen LogP contribution in [-0.2, 0) is 80.4 Å². The molecule has 13 aromatic carbocycles. The number of aromatic nitrogens is 6. The fourth-order valence-electron chi connectivity index (χ4n) is 12.5. The number of aromatic carboxylic acids is 1. The summed E-state index contributed by atoms with van der Waals surface area (Å²) in [5.74, 6) is -1.28. The summed E-state index contributed by atoms with van der Waals surface area (Å²) in [7, 11) is 0. The van der Waals surface area contributed by atoms with Gasteiger partial charge >= 0.3 is 17.7 Å². The summed E-state index contributed by atoms with van der Waals surface area (Å²) in [6, 6.07) is 122. The van der Waals surface area contributed by atoms with Crippen molar-refractivity contribution in [1.29, 1.82) is 0 Å². The van der Waals surface area contributed by atoms with E-state index in [1.807, 2.05) is 158 Å². The first kappa shape index (κ1) is 92.7. The van der Waals surface area contributed by atoms with Crippen LogP contribution >= 0.6 is 0 Å². The van der Waals surface area contributed by atoms with Gasteiger partial charge in [0.1, 0.15) is 5.69 Å². The monoisotopic (exact) mass is 2290 g/mol. The van der Waals surface area contributed by atoms with Crippen molar-refractivity contribution in [3.63, 3.8) is 0 Å². The molecule has 5 N–H and O–H groups in total. The molecule has 0 spiro atoms. The van der Waals surface area contributed by atoms with Crippen molar-refractivity contribution in [2.75, 3.05) is 0 Å². The van der Waals surface area contributed by atoms with Crippen LogP contribution in [0.3, 0.4) is 0 Å². The van der Waals surface area contributed by atoms with E-state index in [4.69, 9.17) is 24.9 Å². The van der Waals surface area contributed by atoms with Crippen LogP contribution in [0.4, 0.5) is 4.39 Å². The minimum absolute atomic E-state index is 0. The Bertz CT molecular complexity index is 6190. The molecule has 120 heavy (non-hydrogen) atoms. The number of rotatable bonds is 7. The molecule has 19 aromatic rings. The van der Waals surface area contributed by atoms with E-state index >= 15 is 0 Å². The second kappa shape index (κ2) is 47.0. The van der Waals surface area contributed by atoms with Gasteiger partial charge in [-0.05, 0) is 140 Å². The Kier molecular flexibility index (Phi) is 36.3. The maximum atomic E-state index is 13.0. The van der Waals surface area contributed by atoms with Crippen LogP contribution in [0.5, 0.6) is 0 Å². The number of aliphatic hydroxyl groups excluding tert-OH is 2. The van der Waals surface area contributed by atoms with E-state index < -0.39 is 5.97 Å². The number of hydrogen-bond acceptors (Lipinski definition) is 8. The Hall–Kier alpha value is -12.8. The van der Waals surface area contributed by atoms with Crippen molar-refractivity contribution in [3.05, 3.63) is 412 Å². The molecular formula is C102H77FIr4N7O6-3. The number of aliphatic imine (C=N–C) groups is 1. The van der Waals surface area contributed by atoms with Gasteiger partial charge in [-0.2, -0.15) is 0 Å². The molecule has 19 rings (SSSR count). The Morgan fingerprint density at radius 1 is 0.333 bits per heavy atom. The van der Waals surface area contributed by atoms with Gasteiger partial charge in [-0.15, -0.1) is 178 Å². The first-order valence-electron chi connectivity index (χ1n) is 37.0. The smallest absolute Gasteiger partial charge is 0.414 e. The molecule has 0 aliphatic carbocycles. The average Bonchev–Trinajstić information content (AvgIpc) is 0.802. The van der Waals surface area contributed by atoms with Crippen LogP contribution in [0, 0.1) is 36.1 Å². The number of carbonyl (C=O) groups is 1. The van der Waals surface area contributed by atoms with E-state index in [-0.39, 0.29) is 115 Å². The third-order valence-electron chi connectivity index (χ3n) is 17.8. The van der Waals surface area contributed by atoms with Crippen LogP contribution in [0.1, 0.15) is 38.2 Å². The van der Waals surface area contributed by atoms with Crippen molar-refractivity contribution in [1.82, 2.24) is 29.9 Å². The molecule has 0 aliphatic rings. The molecule has 0 aliphatic heterocycles. The molecule has 1 amide bonds. The molecule has 0 fully saturated rings. The first-order valence-corrected chi connectivity index (χ1v) is 37.0. The number of carbonyl (C=O) groups excluding carboxylic acids is 2. The van der Waals surface area contributed by atoms with Crippen LogP contribution < -0.4 is 0 Å². The van der Waals surface area contributed by atoms with Gasteiger partial charge in [0.15, 0.2) is 5.90 Å². The molecule has 602 valence electrons. The van der Waals surface area contributed by atoms with E-state index in [0.29, 0.717) is 0 Å². The first-order chi connectivity index (χ1) is 56.6. The topological polar surface area (TPSA) is 210 Å². The quantitative estimate of drug-likeness (QED) is 0.0261. The molecule has 0 unspecified atom stereocenters. The van der Waals surface area contributed by atoms with Crippen LogP contribution in [0.2, 0.25) is 0 Å². The van der Waals surface area contributed by atoms with Crippen molar-refractivity contribution in [2.45, 2.75) is 27.7 Å². The van der Waals surface area contributed by atoms with Gasteiger partial charge in [0, 0.05) is 130 Å². The number of pyridine rings is 6. The van der Waals surface area contributed by atoms with Crippen LogP contribution in [0.15, 0.2) is 376 Å². The van der Waals surface area contributed by atoms with Gasteiger partial charge in [0.25, 0.3) is 0 Å². The summed E-state index contributed by atoms with van der Waals surface area (Å²) < 4.78 is 13.0. The summed E-state index contributed by atoms with van der Waals surface area (Å²) in [6.45, 7) is 5.78.